The second-order valence-corrected chi connectivity index (χ2v) is 5.88. The van der Waals surface area contributed by atoms with E-state index < -0.39 is 0 Å². The van der Waals surface area contributed by atoms with Crippen LogP contribution in [0.2, 0.25) is 0 Å². The Hall–Kier alpha value is -1.35. The lowest BCUT2D eigenvalue weighted by atomic mass is 10.0. The van der Waals surface area contributed by atoms with Gasteiger partial charge in [-0.05, 0) is 54.9 Å². The van der Waals surface area contributed by atoms with Crippen molar-refractivity contribution in [2.75, 3.05) is 19.6 Å². The number of nitrogens with one attached hydrogen (secondary N) is 1. The standard InChI is InChI=1S/C19H24N2.ClH/c20-12-7-13-21-14-17-18(15-8-3-1-4-9-15)19(17)16-10-5-2-6-11-16;/h1-6,8-11,17-19,21H,7,12-14,20H2;1H. The summed E-state index contributed by atoms with van der Waals surface area (Å²) in [6.45, 7) is 2.87. The number of hydrogen-bond acceptors (Lipinski definition) is 2. The van der Waals surface area contributed by atoms with Crippen LogP contribution in [0.3, 0.4) is 0 Å². The first-order valence-electron chi connectivity index (χ1n) is 7.92. The second-order valence-electron chi connectivity index (χ2n) is 5.88. The van der Waals surface area contributed by atoms with Gasteiger partial charge in [0.15, 0.2) is 0 Å². The van der Waals surface area contributed by atoms with E-state index in [0.29, 0.717) is 17.8 Å². The Morgan fingerprint density at radius 2 is 1.32 bits per heavy atom. The number of hydrogen-bond donors (Lipinski definition) is 2. The minimum absolute atomic E-state index is 0. The molecule has 2 nitrogen and oxygen atoms in total. The summed E-state index contributed by atoms with van der Waals surface area (Å²) in [5, 5.41) is 3.57. The fourth-order valence-electron chi connectivity index (χ4n) is 3.38. The average Bonchev–Trinajstić information content (AvgIpc) is 3.27. The van der Waals surface area contributed by atoms with Crippen molar-refractivity contribution in [1.82, 2.24) is 5.32 Å². The number of benzene rings is 2. The van der Waals surface area contributed by atoms with E-state index in [2.05, 4.69) is 66.0 Å². The molecule has 0 radical (unpaired) electrons. The van der Waals surface area contributed by atoms with Crippen LogP contribution in [0.25, 0.3) is 0 Å². The van der Waals surface area contributed by atoms with Crippen LogP contribution in [0.5, 0.6) is 0 Å². The van der Waals surface area contributed by atoms with Crippen molar-refractivity contribution in [3.8, 4) is 0 Å². The van der Waals surface area contributed by atoms with Crippen molar-refractivity contribution in [3.63, 3.8) is 0 Å². The fourth-order valence-corrected chi connectivity index (χ4v) is 3.38. The van der Waals surface area contributed by atoms with Crippen LogP contribution in [0.15, 0.2) is 60.7 Å². The zero-order valence-corrected chi connectivity index (χ0v) is 13.6. The molecular weight excluding hydrogens is 292 g/mol. The lowest BCUT2D eigenvalue weighted by molar-refractivity contribution is 0.602. The molecule has 1 aliphatic carbocycles. The lowest BCUT2D eigenvalue weighted by Gasteiger charge is -2.03. The molecule has 1 fully saturated rings. The lowest BCUT2D eigenvalue weighted by Crippen LogP contribution is -2.21. The van der Waals surface area contributed by atoms with Gasteiger partial charge in [-0.2, -0.15) is 0 Å². The first kappa shape index (κ1) is 17.0. The van der Waals surface area contributed by atoms with Gasteiger partial charge in [0.1, 0.15) is 0 Å². The van der Waals surface area contributed by atoms with E-state index in [1.165, 1.54) is 11.1 Å². The van der Waals surface area contributed by atoms with Crippen molar-refractivity contribution in [1.29, 1.82) is 0 Å². The van der Waals surface area contributed by atoms with E-state index >= 15 is 0 Å². The van der Waals surface area contributed by atoms with Gasteiger partial charge >= 0.3 is 0 Å². The van der Waals surface area contributed by atoms with Gasteiger partial charge in [-0.3, -0.25) is 0 Å². The maximum atomic E-state index is 5.56. The molecule has 0 aliphatic heterocycles. The monoisotopic (exact) mass is 316 g/mol. The predicted molar refractivity (Wildman–Crippen MR) is 95.6 cm³/mol. The zero-order valence-electron chi connectivity index (χ0n) is 12.8. The normalized spacial score (nSPS) is 22.9. The van der Waals surface area contributed by atoms with Crippen LogP contribution in [0.4, 0.5) is 0 Å². The topological polar surface area (TPSA) is 38.0 Å². The van der Waals surface area contributed by atoms with Gasteiger partial charge in [0.05, 0.1) is 0 Å². The zero-order chi connectivity index (χ0) is 14.5. The molecule has 0 heterocycles. The third-order valence-corrected chi connectivity index (χ3v) is 4.48. The Labute approximate surface area is 139 Å². The quantitative estimate of drug-likeness (QED) is 0.767. The number of rotatable bonds is 7. The highest BCUT2D eigenvalue weighted by molar-refractivity contribution is 5.85. The molecule has 118 valence electrons. The first-order chi connectivity index (χ1) is 10.4. The summed E-state index contributed by atoms with van der Waals surface area (Å²) in [4.78, 5) is 0. The smallest absolute Gasteiger partial charge is 0.000835 e. The maximum absolute atomic E-state index is 5.56. The van der Waals surface area contributed by atoms with E-state index in [9.17, 15) is 0 Å². The van der Waals surface area contributed by atoms with Crippen molar-refractivity contribution in [3.05, 3.63) is 71.8 Å². The molecule has 0 saturated heterocycles. The molecule has 3 rings (SSSR count). The van der Waals surface area contributed by atoms with E-state index in [4.69, 9.17) is 5.73 Å². The van der Waals surface area contributed by atoms with Crippen molar-refractivity contribution in [2.24, 2.45) is 11.7 Å². The summed E-state index contributed by atoms with van der Waals surface area (Å²) in [7, 11) is 0. The van der Waals surface area contributed by atoms with Gasteiger partial charge in [-0.15, -0.1) is 12.4 Å². The van der Waals surface area contributed by atoms with Gasteiger partial charge < -0.3 is 11.1 Å². The third-order valence-electron chi connectivity index (χ3n) is 4.48. The summed E-state index contributed by atoms with van der Waals surface area (Å²) in [6, 6.07) is 21.8. The fraction of sp³-hybridized carbons (Fsp3) is 0.368. The van der Waals surface area contributed by atoms with Gasteiger partial charge in [0.2, 0.25) is 0 Å². The molecule has 0 amide bonds. The molecule has 0 aromatic heterocycles. The van der Waals surface area contributed by atoms with E-state index in [1.807, 2.05) is 0 Å². The predicted octanol–water partition coefficient (Wildman–Crippen LogP) is 3.54. The molecule has 3 heteroatoms. The second kappa shape index (κ2) is 8.33. The highest BCUT2D eigenvalue weighted by Gasteiger charge is 2.50. The van der Waals surface area contributed by atoms with Crippen LogP contribution >= 0.6 is 12.4 Å². The van der Waals surface area contributed by atoms with Crippen molar-refractivity contribution in [2.45, 2.75) is 18.3 Å². The van der Waals surface area contributed by atoms with E-state index in [0.717, 1.165) is 26.1 Å². The summed E-state index contributed by atoms with van der Waals surface area (Å²) >= 11 is 0. The minimum Gasteiger partial charge on any atom is -0.330 e. The minimum atomic E-state index is 0. The molecule has 2 unspecified atom stereocenters. The third kappa shape index (κ3) is 3.89. The number of nitrogens with two attached hydrogens (primary N) is 1. The Balaban J connectivity index is 0.00000176. The van der Waals surface area contributed by atoms with E-state index in [1.54, 1.807) is 0 Å². The molecule has 1 saturated carbocycles. The molecule has 3 N–H and O–H groups in total. The van der Waals surface area contributed by atoms with Gasteiger partial charge in [-0.25, -0.2) is 0 Å². The summed E-state index contributed by atoms with van der Waals surface area (Å²) in [5.41, 5.74) is 8.50. The molecule has 2 aromatic rings. The average molecular weight is 317 g/mol. The maximum Gasteiger partial charge on any atom is -0.000835 e. The largest absolute Gasteiger partial charge is 0.330 e. The Bertz CT molecular complexity index is 498. The van der Waals surface area contributed by atoms with Crippen LogP contribution in [0, 0.1) is 5.92 Å². The summed E-state index contributed by atoms with van der Waals surface area (Å²) < 4.78 is 0. The first-order valence-corrected chi connectivity index (χ1v) is 7.92. The molecule has 0 spiro atoms. The highest BCUT2D eigenvalue weighted by atomic mass is 35.5. The molecule has 0 bridgehead atoms. The van der Waals surface area contributed by atoms with Gasteiger partial charge in [0, 0.05) is 0 Å². The van der Waals surface area contributed by atoms with Crippen molar-refractivity contribution < 1.29 is 0 Å². The van der Waals surface area contributed by atoms with Gasteiger partial charge in [0.25, 0.3) is 0 Å². The summed E-state index contributed by atoms with van der Waals surface area (Å²) in [6.07, 6.45) is 1.05. The molecule has 2 atom stereocenters. The summed E-state index contributed by atoms with van der Waals surface area (Å²) in [5.74, 6) is 2.01. The number of halogens is 1. The van der Waals surface area contributed by atoms with Crippen LogP contribution in [0.1, 0.15) is 29.4 Å². The van der Waals surface area contributed by atoms with E-state index in [-0.39, 0.29) is 12.4 Å². The van der Waals surface area contributed by atoms with Gasteiger partial charge in [-0.1, -0.05) is 60.7 Å². The Kier molecular flexibility index (Phi) is 6.44. The van der Waals surface area contributed by atoms with Crippen LogP contribution < -0.4 is 11.1 Å². The SMILES string of the molecule is Cl.NCCCNCC1C(c2ccccc2)C1c1ccccc1. The Morgan fingerprint density at radius 3 is 1.77 bits per heavy atom. The molecular formula is C19H25ClN2. The molecule has 2 aromatic carbocycles. The Morgan fingerprint density at radius 1 is 0.818 bits per heavy atom. The van der Waals surface area contributed by atoms with Crippen LogP contribution in [-0.2, 0) is 0 Å². The van der Waals surface area contributed by atoms with Crippen molar-refractivity contribution >= 4 is 12.4 Å². The molecule has 22 heavy (non-hydrogen) atoms. The van der Waals surface area contributed by atoms with Crippen LogP contribution in [-0.4, -0.2) is 19.6 Å². The highest BCUT2D eigenvalue weighted by Crippen LogP contribution is 2.59. The molecule has 1 aliphatic rings.